The average Bonchev–Trinajstić information content (AvgIpc) is 2.38. The Bertz CT molecular complexity index is 620. The fourth-order valence-electron chi connectivity index (χ4n) is 1.66. The standard InChI is InChI=1S/C13H9BrF2N2O/c14-11-6-18-12(13(16)10(11)7-19)2-1-8-3-9(15)5-17-4-8/h3-7H,1-2H2. The number of aldehydes is 1. The van der Waals surface area contributed by atoms with E-state index in [1.165, 1.54) is 18.5 Å². The Morgan fingerprint density at radius 2 is 2.00 bits per heavy atom. The van der Waals surface area contributed by atoms with Crippen molar-refractivity contribution in [2.24, 2.45) is 0 Å². The number of hydrogen-bond acceptors (Lipinski definition) is 3. The molecule has 6 heteroatoms. The summed E-state index contributed by atoms with van der Waals surface area (Å²) < 4.78 is 27.2. The van der Waals surface area contributed by atoms with Crippen LogP contribution in [0.2, 0.25) is 0 Å². The number of carbonyl (C=O) groups excluding carboxylic acids is 1. The van der Waals surface area contributed by atoms with Crippen molar-refractivity contribution in [3.8, 4) is 0 Å². The van der Waals surface area contributed by atoms with Gasteiger partial charge in [-0.05, 0) is 40.4 Å². The van der Waals surface area contributed by atoms with Gasteiger partial charge in [-0.2, -0.15) is 0 Å². The zero-order valence-corrected chi connectivity index (χ0v) is 11.3. The minimum absolute atomic E-state index is 0.0534. The number of halogens is 3. The van der Waals surface area contributed by atoms with Crippen LogP contribution in [-0.2, 0) is 12.8 Å². The lowest BCUT2D eigenvalue weighted by Gasteiger charge is -2.05. The van der Waals surface area contributed by atoms with Crippen molar-refractivity contribution in [3.05, 3.63) is 57.6 Å². The van der Waals surface area contributed by atoms with E-state index in [2.05, 4.69) is 25.9 Å². The Labute approximate surface area is 116 Å². The number of hydrogen-bond donors (Lipinski definition) is 0. The number of pyridine rings is 2. The second kappa shape index (κ2) is 5.97. The lowest BCUT2D eigenvalue weighted by molar-refractivity contribution is 0.111. The Hall–Kier alpha value is -1.69. The van der Waals surface area contributed by atoms with E-state index in [0.717, 1.165) is 6.20 Å². The number of rotatable bonds is 4. The van der Waals surface area contributed by atoms with Crippen molar-refractivity contribution in [3.63, 3.8) is 0 Å². The van der Waals surface area contributed by atoms with Crippen LogP contribution in [0, 0.1) is 11.6 Å². The minimum atomic E-state index is -0.645. The second-order valence-corrected chi connectivity index (χ2v) is 4.76. The highest BCUT2D eigenvalue weighted by atomic mass is 79.9. The van der Waals surface area contributed by atoms with Crippen molar-refractivity contribution in [1.29, 1.82) is 0 Å². The van der Waals surface area contributed by atoms with E-state index >= 15 is 0 Å². The van der Waals surface area contributed by atoms with Crippen molar-refractivity contribution in [1.82, 2.24) is 9.97 Å². The Kier molecular flexibility index (Phi) is 4.31. The molecule has 0 aromatic carbocycles. The number of aromatic nitrogens is 2. The van der Waals surface area contributed by atoms with E-state index in [1.807, 2.05) is 0 Å². The summed E-state index contributed by atoms with van der Waals surface area (Å²) in [5.41, 5.74) is 0.772. The molecule has 2 rings (SSSR count). The Morgan fingerprint density at radius 3 is 2.68 bits per heavy atom. The van der Waals surface area contributed by atoms with Crippen LogP contribution in [-0.4, -0.2) is 16.3 Å². The van der Waals surface area contributed by atoms with Gasteiger partial charge in [0, 0.05) is 16.9 Å². The number of carbonyl (C=O) groups is 1. The van der Waals surface area contributed by atoms with Gasteiger partial charge in [-0.25, -0.2) is 8.78 Å². The molecule has 2 heterocycles. The molecule has 0 radical (unpaired) electrons. The average molecular weight is 327 g/mol. The van der Waals surface area contributed by atoms with Gasteiger partial charge in [0.15, 0.2) is 12.1 Å². The van der Waals surface area contributed by atoms with Gasteiger partial charge in [0.2, 0.25) is 0 Å². The third-order valence-electron chi connectivity index (χ3n) is 2.61. The molecule has 0 aliphatic heterocycles. The van der Waals surface area contributed by atoms with Gasteiger partial charge in [-0.15, -0.1) is 0 Å². The topological polar surface area (TPSA) is 42.9 Å². The summed E-state index contributed by atoms with van der Waals surface area (Å²) in [4.78, 5) is 18.4. The third kappa shape index (κ3) is 3.20. The van der Waals surface area contributed by atoms with E-state index in [1.54, 1.807) is 0 Å². The molecule has 0 aliphatic carbocycles. The van der Waals surface area contributed by atoms with Gasteiger partial charge >= 0.3 is 0 Å². The molecule has 0 spiro atoms. The highest BCUT2D eigenvalue weighted by molar-refractivity contribution is 9.10. The predicted octanol–water partition coefficient (Wildman–Crippen LogP) is 3.12. The van der Waals surface area contributed by atoms with Crippen LogP contribution in [0.25, 0.3) is 0 Å². The van der Waals surface area contributed by atoms with Crippen LogP contribution >= 0.6 is 15.9 Å². The summed E-state index contributed by atoms with van der Waals surface area (Å²) in [6, 6.07) is 1.34. The van der Waals surface area contributed by atoms with Gasteiger partial charge < -0.3 is 0 Å². The first-order valence-electron chi connectivity index (χ1n) is 5.49. The largest absolute Gasteiger partial charge is 0.298 e. The minimum Gasteiger partial charge on any atom is -0.298 e. The summed E-state index contributed by atoms with van der Waals surface area (Å²) in [6.07, 6.45) is 5.10. The molecule has 98 valence electrons. The zero-order valence-electron chi connectivity index (χ0n) is 9.74. The quantitative estimate of drug-likeness (QED) is 0.811. The highest BCUT2D eigenvalue weighted by Gasteiger charge is 2.13. The first-order chi connectivity index (χ1) is 9.11. The third-order valence-corrected chi connectivity index (χ3v) is 3.24. The lowest BCUT2D eigenvalue weighted by atomic mass is 10.1. The molecule has 0 saturated carbocycles. The molecule has 0 aliphatic rings. The number of nitrogens with zero attached hydrogens (tertiary/aromatic N) is 2. The Morgan fingerprint density at radius 1 is 1.21 bits per heavy atom. The molecule has 0 saturated heterocycles. The second-order valence-electron chi connectivity index (χ2n) is 3.91. The summed E-state index contributed by atoms with van der Waals surface area (Å²) in [6.45, 7) is 0. The van der Waals surface area contributed by atoms with Gasteiger partial charge in [-0.1, -0.05) is 0 Å². The maximum absolute atomic E-state index is 13.9. The van der Waals surface area contributed by atoms with Crippen LogP contribution in [0.4, 0.5) is 8.78 Å². The predicted molar refractivity (Wildman–Crippen MR) is 68.9 cm³/mol. The monoisotopic (exact) mass is 326 g/mol. The van der Waals surface area contributed by atoms with Crippen LogP contribution < -0.4 is 0 Å². The van der Waals surface area contributed by atoms with E-state index in [9.17, 15) is 13.6 Å². The summed E-state index contributed by atoms with van der Waals surface area (Å²) in [5.74, 6) is -1.08. The highest BCUT2D eigenvalue weighted by Crippen LogP contribution is 2.20. The maximum Gasteiger partial charge on any atom is 0.156 e. The lowest BCUT2D eigenvalue weighted by Crippen LogP contribution is -2.03. The summed E-state index contributed by atoms with van der Waals surface area (Å²) in [5, 5.41) is 0. The van der Waals surface area contributed by atoms with Gasteiger partial charge in [0.05, 0.1) is 17.5 Å². The molecule has 19 heavy (non-hydrogen) atoms. The first-order valence-corrected chi connectivity index (χ1v) is 6.28. The van der Waals surface area contributed by atoms with Crippen molar-refractivity contribution >= 4 is 22.2 Å². The molecular weight excluding hydrogens is 318 g/mol. The molecule has 2 aromatic heterocycles. The smallest absolute Gasteiger partial charge is 0.156 e. The van der Waals surface area contributed by atoms with E-state index in [-0.39, 0.29) is 17.7 Å². The maximum atomic E-state index is 13.9. The van der Waals surface area contributed by atoms with Crippen LogP contribution in [0.15, 0.2) is 29.1 Å². The zero-order chi connectivity index (χ0) is 13.8. The van der Waals surface area contributed by atoms with Crippen molar-refractivity contribution in [2.75, 3.05) is 0 Å². The molecule has 0 atom stereocenters. The van der Waals surface area contributed by atoms with E-state index in [0.29, 0.717) is 22.7 Å². The first kappa shape index (κ1) is 13.7. The fourth-order valence-corrected chi connectivity index (χ4v) is 2.03. The van der Waals surface area contributed by atoms with E-state index in [4.69, 9.17) is 0 Å². The number of aryl methyl sites for hydroxylation is 2. The van der Waals surface area contributed by atoms with Crippen molar-refractivity contribution in [2.45, 2.75) is 12.8 Å². The molecule has 2 aromatic rings. The Balaban J connectivity index is 2.18. The normalized spacial score (nSPS) is 10.5. The molecule has 0 N–H and O–H groups in total. The molecule has 0 unspecified atom stereocenters. The van der Waals surface area contributed by atoms with Crippen molar-refractivity contribution < 1.29 is 13.6 Å². The molecule has 0 fully saturated rings. The molecule has 0 bridgehead atoms. The SMILES string of the molecule is O=Cc1c(Br)cnc(CCc2cncc(F)c2)c1F. The van der Waals surface area contributed by atoms with Crippen LogP contribution in [0.3, 0.4) is 0 Å². The van der Waals surface area contributed by atoms with Crippen LogP contribution in [0.5, 0.6) is 0 Å². The molecule has 3 nitrogen and oxygen atoms in total. The summed E-state index contributed by atoms with van der Waals surface area (Å²) >= 11 is 3.05. The summed E-state index contributed by atoms with van der Waals surface area (Å²) in [7, 11) is 0. The van der Waals surface area contributed by atoms with Gasteiger partial charge in [-0.3, -0.25) is 14.8 Å². The molecule has 0 amide bonds. The molecular formula is C13H9BrF2N2O. The fraction of sp³-hybridized carbons (Fsp3) is 0.154. The van der Waals surface area contributed by atoms with Crippen LogP contribution in [0.1, 0.15) is 21.6 Å². The van der Waals surface area contributed by atoms with Gasteiger partial charge in [0.1, 0.15) is 5.82 Å². The van der Waals surface area contributed by atoms with E-state index < -0.39 is 11.6 Å². The van der Waals surface area contributed by atoms with Gasteiger partial charge in [0.25, 0.3) is 0 Å².